The summed E-state index contributed by atoms with van der Waals surface area (Å²) >= 11 is 0. The minimum Gasteiger partial charge on any atom is -0.457 e. The highest BCUT2D eigenvalue weighted by Crippen LogP contribution is 1.97. The van der Waals surface area contributed by atoms with Crippen LogP contribution in [-0.4, -0.2) is 32.1 Å². The van der Waals surface area contributed by atoms with Crippen LogP contribution in [0.5, 0.6) is 0 Å². The predicted molar refractivity (Wildman–Crippen MR) is 66.5 cm³/mol. The average Bonchev–Trinajstić information content (AvgIpc) is 2.32. The molecule has 0 heterocycles. The number of ether oxygens (including phenoxy) is 3. The molecule has 0 spiro atoms. The molecule has 0 atom stereocenters. The van der Waals surface area contributed by atoms with Gasteiger partial charge in [0.1, 0.15) is 6.61 Å². The van der Waals surface area contributed by atoms with E-state index in [-0.39, 0.29) is 6.61 Å². The monoisotopic (exact) mass is 240 g/mol. The summed E-state index contributed by atoms with van der Waals surface area (Å²) in [5, 5.41) is 0. The molecular formula is C13H20O4. The largest absolute Gasteiger partial charge is 0.457 e. The van der Waals surface area contributed by atoms with E-state index in [9.17, 15) is 4.79 Å². The second kappa shape index (κ2) is 11.1. The van der Waals surface area contributed by atoms with Crippen LogP contribution >= 0.6 is 0 Å². The molecule has 0 aromatic heterocycles. The molecule has 0 aromatic rings. The molecule has 0 radical (unpaired) electrons. The molecule has 0 aliphatic heterocycles. The number of hydrogen-bond acceptors (Lipinski definition) is 4. The zero-order chi connectivity index (χ0) is 12.9. The van der Waals surface area contributed by atoms with Gasteiger partial charge in [-0.25, -0.2) is 4.79 Å². The van der Waals surface area contributed by atoms with Crippen molar-refractivity contribution < 1.29 is 19.0 Å². The molecule has 0 saturated heterocycles. The molecule has 0 saturated carbocycles. The molecule has 0 aliphatic carbocycles. The third-order valence-corrected chi connectivity index (χ3v) is 1.66. The molecule has 96 valence electrons. The number of rotatable bonds is 9. The lowest BCUT2D eigenvalue weighted by atomic mass is 10.4. The van der Waals surface area contributed by atoms with Crippen LogP contribution in [0.1, 0.15) is 13.8 Å². The molecule has 0 unspecified atom stereocenters. The van der Waals surface area contributed by atoms with E-state index in [1.807, 2.05) is 13.8 Å². The molecule has 0 aromatic carbocycles. The SMILES string of the molecule is C=C/C=C\C=C\C(=O)OCC(OCC)OCC. The fraction of sp³-hybridized carbons (Fsp3) is 0.462. The molecule has 0 amide bonds. The minimum atomic E-state index is -0.494. The predicted octanol–water partition coefficient (Wildman–Crippen LogP) is 2.23. The van der Waals surface area contributed by atoms with Crippen LogP contribution in [-0.2, 0) is 19.0 Å². The molecule has 0 fully saturated rings. The highest BCUT2D eigenvalue weighted by atomic mass is 16.7. The van der Waals surface area contributed by atoms with E-state index in [0.29, 0.717) is 13.2 Å². The van der Waals surface area contributed by atoms with Crippen LogP contribution in [0.3, 0.4) is 0 Å². The van der Waals surface area contributed by atoms with Gasteiger partial charge < -0.3 is 14.2 Å². The Balaban J connectivity index is 3.90. The van der Waals surface area contributed by atoms with Crippen molar-refractivity contribution in [1.29, 1.82) is 0 Å². The first-order valence-electron chi connectivity index (χ1n) is 5.60. The Morgan fingerprint density at radius 2 is 1.82 bits per heavy atom. The lowest BCUT2D eigenvalue weighted by Gasteiger charge is -2.15. The molecular weight excluding hydrogens is 220 g/mol. The summed E-state index contributed by atoms with van der Waals surface area (Å²) in [5.74, 6) is -0.428. The van der Waals surface area contributed by atoms with Gasteiger partial charge >= 0.3 is 5.97 Å². The van der Waals surface area contributed by atoms with Crippen molar-refractivity contribution in [3.05, 3.63) is 37.0 Å². The summed E-state index contributed by atoms with van der Waals surface area (Å²) < 4.78 is 15.4. The molecule has 0 bridgehead atoms. The number of hydrogen-bond donors (Lipinski definition) is 0. The van der Waals surface area contributed by atoms with E-state index in [4.69, 9.17) is 14.2 Å². The van der Waals surface area contributed by atoms with Crippen molar-refractivity contribution in [2.75, 3.05) is 19.8 Å². The van der Waals surface area contributed by atoms with Gasteiger partial charge in [0.05, 0.1) is 0 Å². The van der Waals surface area contributed by atoms with Crippen molar-refractivity contribution in [1.82, 2.24) is 0 Å². The van der Waals surface area contributed by atoms with E-state index in [1.165, 1.54) is 6.08 Å². The standard InChI is InChI=1S/C13H20O4/c1-4-7-8-9-10-12(14)17-11-13(15-5-2)16-6-3/h4,7-10,13H,1,5-6,11H2,2-3H3/b8-7-,10-9+. The van der Waals surface area contributed by atoms with Gasteiger partial charge in [0.25, 0.3) is 0 Å². The number of carbonyl (C=O) groups is 1. The van der Waals surface area contributed by atoms with Crippen LogP contribution in [0, 0.1) is 0 Å². The summed E-state index contributed by atoms with van der Waals surface area (Å²) in [6.07, 6.45) is 7.45. The van der Waals surface area contributed by atoms with Gasteiger partial charge in [0.2, 0.25) is 0 Å². The molecule has 0 aliphatic rings. The second-order valence-corrected chi connectivity index (χ2v) is 2.95. The van der Waals surface area contributed by atoms with Gasteiger partial charge in [0, 0.05) is 19.3 Å². The van der Waals surface area contributed by atoms with E-state index in [0.717, 1.165) is 0 Å². The Kier molecular flexibility index (Phi) is 10.2. The number of allylic oxidation sites excluding steroid dienone is 4. The van der Waals surface area contributed by atoms with E-state index in [2.05, 4.69) is 6.58 Å². The third-order valence-electron chi connectivity index (χ3n) is 1.66. The fourth-order valence-corrected chi connectivity index (χ4v) is 0.991. The molecule has 17 heavy (non-hydrogen) atoms. The van der Waals surface area contributed by atoms with E-state index in [1.54, 1.807) is 24.3 Å². The highest BCUT2D eigenvalue weighted by molar-refractivity contribution is 5.82. The van der Waals surface area contributed by atoms with Gasteiger partial charge in [-0.2, -0.15) is 0 Å². The Labute approximate surface area is 103 Å². The van der Waals surface area contributed by atoms with Gasteiger partial charge in [-0.3, -0.25) is 0 Å². The quantitative estimate of drug-likeness (QED) is 0.268. The first kappa shape index (κ1) is 15.6. The maximum absolute atomic E-state index is 11.2. The number of carbonyl (C=O) groups excluding carboxylic acids is 1. The Bertz CT molecular complexity index is 263. The van der Waals surface area contributed by atoms with Crippen LogP contribution < -0.4 is 0 Å². The molecule has 0 N–H and O–H groups in total. The van der Waals surface area contributed by atoms with Crippen LogP contribution in [0.2, 0.25) is 0 Å². The normalized spacial score (nSPS) is 11.5. The first-order valence-corrected chi connectivity index (χ1v) is 5.60. The lowest BCUT2D eigenvalue weighted by Crippen LogP contribution is -2.24. The van der Waals surface area contributed by atoms with Crippen molar-refractivity contribution >= 4 is 5.97 Å². The van der Waals surface area contributed by atoms with Gasteiger partial charge in [0.15, 0.2) is 6.29 Å². The topological polar surface area (TPSA) is 44.8 Å². The van der Waals surface area contributed by atoms with Crippen molar-refractivity contribution in [2.24, 2.45) is 0 Å². The van der Waals surface area contributed by atoms with Crippen molar-refractivity contribution in [3.63, 3.8) is 0 Å². The maximum atomic E-state index is 11.2. The minimum absolute atomic E-state index is 0.0933. The second-order valence-electron chi connectivity index (χ2n) is 2.95. The molecule has 0 rings (SSSR count). The summed E-state index contributed by atoms with van der Waals surface area (Å²) in [5.41, 5.74) is 0. The Morgan fingerprint density at radius 1 is 1.18 bits per heavy atom. The van der Waals surface area contributed by atoms with Crippen LogP contribution in [0.15, 0.2) is 37.0 Å². The smallest absolute Gasteiger partial charge is 0.330 e. The number of esters is 1. The summed E-state index contributed by atoms with van der Waals surface area (Å²) in [6, 6.07) is 0. The van der Waals surface area contributed by atoms with Gasteiger partial charge in [-0.15, -0.1) is 0 Å². The highest BCUT2D eigenvalue weighted by Gasteiger charge is 2.09. The third kappa shape index (κ3) is 9.53. The van der Waals surface area contributed by atoms with Gasteiger partial charge in [-0.05, 0) is 13.8 Å². The first-order chi connectivity index (χ1) is 8.24. The van der Waals surface area contributed by atoms with E-state index < -0.39 is 12.3 Å². The van der Waals surface area contributed by atoms with Gasteiger partial charge in [-0.1, -0.05) is 30.9 Å². The Morgan fingerprint density at radius 3 is 2.35 bits per heavy atom. The lowest BCUT2D eigenvalue weighted by molar-refractivity contribution is -0.176. The van der Waals surface area contributed by atoms with Crippen LogP contribution in [0.25, 0.3) is 0 Å². The van der Waals surface area contributed by atoms with Crippen molar-refractivity contribution in [2.45, 2.75) is 20.1 Å². The average molecular weight is 240 g/mol. The van der Waals surface area contributed by atoms with Crippen LogP contribution in [0.4, 0.5) is 0 Å². The zero-order valence-electron chi connectivity index (χ0n) is 10.4. The Hall–Kier alpha value is -1.39. The van der Waals surface area contributed by atoms with E-state index >= 15 is 0 Å². The molecule has 4 nitrogen and oxygen atoms in total. The summed E-state index contributed by atoms with van der Waals surface area (Å²) in [4.78, 5) is 11.2. The summed E-state index contributed by atoms with van der Waals surface area (Å²) in [6.45, 7) is 8.34. The fourth-order valence-electron chi connectivity index (χ4n) is 0.991. The maximum Gasteiger partial charge on any atom is 0.330 e. The molecule has 4 heteroatoms. The van der Waals surface area contributed by atoms with Crippen molar-refractivity contribution in [3.8, 4) is 0 Å². The summed E-state index contributed by atoms with van der Waals surface area (Å²) in [7, 11) is 0. The zero-order valence-corrected chi connectivity index (χ0v) is 10.4.